The van der Waals surface area contributed by atoms with Gasteiger partial charge < -0.3 is 15.7 Å². The lowest BCUT2D eigenvalue weighted by atomic mass is 10.1. The molecule has 0 aromatic heterocycles. The first kappa shape index (κ1) is 16.2. The van der Waals surface area contributed by atoms with Gasteiger partial charge in [0.2, 0.25) is 5.91 Å². The number of halogens is 2. The first-order valence-corrected chi connectivity index (χ1v) is 6.90. The predicted octanol–water partition coefficient (Wildman–Crippen LogP) is 2.14. The summed E-state index contributed by atoms with van der Waals surface area (Å²) in [5, 5.41) is 16.7. The van der Waals surface area contributed by atoms with Gasteiger partial charge in [-0.15, -0.1) is 0 Å². The van der Waals surface area contributed by atoms with E-state index in [-0.39, 0.29) is 5.91 Å². The minimum absolute atomic E-state index is 0.00900. The molecule has 0 heterocycles. The Kier molecular flexibility index (Phi) is 7.16. The van der Waals surface area contributed by atoms with E-state index in [4.69, 9.17) is 23.2 Å². The molecule has 0 saturated carbocycles. The molecule has 0 aliphatic carbocycles. The van der Waals surface area contributed by atoms with Crippen LogP contribution in [-0.4, -0.2) is 30.6 Å². The van der Waals surface area contributed by atoms with E-state index in [9.17, 15) is 9.90 Å². The average molecular weight is 305 g/mol. The highest BCUT2D eigenvalue weighted by Gasteiger charge is 2.12. The Morgan fingerprint density at radius 2 is 2.16 bits per heavy atom. The van der Waals surface area contributed by atoms with Gasteiger partial charge in [-0.1, -0.05) is 23.2 Å². The van der Waals surface area contributed by atoms with Gasteiger partial charge in [-0.3, -0.25) is 4.79 Å². The number of carbonyl (C=O) groups excluding carboxylic acids is 1. The lowest BCUT2D eigenvalue weighted by Gasteiger charge is -2.14. The van der Waals surface area contributed by atoms with Crippen molar-refractivity contribution < 1.29 is 9.90 Å². The summed E-state index contributed by atoms with van der Waals surface area (Å²) in [4.78, 5) is 11.2. The van der Waals surface area contributed by atoms with E-state index in [2.05, 4.69) is 10.6 Å². The second-order valence-electron chi connectivity index (χ2n) is 4.09. The van der Waals surface area contributed by atoms with Crippen LogP contribution < -0.4 is 10.6 Å². The molecule has 6 heteroatoms. The predicted molar refractivity (Wildman–Crippen MR) is 77.6 cm³/mol. The van der Waals surface area contributed by atoms with Crippen molar-refractivity contribution in [2.45, 2.75) is 19.4 Å². The van der Waals surface area contributed by atoms with Gasteiger partial charge in [0.05, 0.1) is 6.10 Å². The van der Waals surface area contributed by atoms with Crippen molar-refractivity contribution in [3.63, 3.8) is 0 Å². The molecule has 1 rings (SSSR count). The second-order valence-corrected chi connectivity index (χ2v) is 4.93. The standard InChI is InChI=1S/C13H18Cl2N2O2/c1-2-17-13(19)5-6-16-8-12(18)10-7-9(14)3-4-11(10)15/h3-4,7,12,16,18H,2,5-6,8H2,1H3,(H,17,19). The molecule has 1 amide bonds. The quantitative estimate of drug-likeness (QED) is 0.676. The van der Waals surface area contributed by atoms with Crippen molar-refractivity contribution in [3.05, 3.63) is 33.8 Å². The molecule has 0 fully saturated rings. The Hall–Kier alpha value is -0.810. The van der Waals surface area contributed by atoms with E-state index >= 15 is 0 Å². The fraction of sp³-hybridized carbons (Fsp3) is 0.462. The molecule has 0 bridgehead atoms. The van der Waals surface area contributed by atoms with Gasteiger partial charge in [-0.25, -0.2) is 0 Å². The Balaban J connectivity index is 2.37. The van der Waals surface area contributed by atoms with E-state index in [1.807, 2.05) is 6.92 Å². The third-order valence-corrected chi connectivity index (χ3v) is 3.14. The number of benzene rings is 1. The van der Waals surface area contributed by atoms with Crippen LogP contribution in [0.5, 0.6) is 0 Å². The summed E-state index contributed by atoms with van der Waals surface area (Å²) in [5.74, 6) is -0.00900. The third-order valence-electron chi connectivity index (χ3n) is 2.56. The highest BCUT2D eigenvalue weighted by Crippen LogP contribution is 2.25. The molecule has 1 atom stereocenters. The molecule has 1 unspecified atom stereocenters. The summed E-state index contributed by atoms with van der Waals surface area (Å²) in [6.07, 6.45) is -0.371. The Morgan fingerprint density at radius 1 is 1.42 bits per heavy atom. The fourth-order valence-electron chi connectivity index (χ4n) is 1.61. The number of amides is 1. The molecule has 19 heavy (non-hydrogen) atoms. The van der Waals surface area contributed by atoms with Crippen molar-refractivity contribution in [1.82, 2.24) is 10.6 Å². The van der Waals surface area contributed by atoms with Gasteiger partial charge in [-0.05, 0) is 25.1 Å². The number of nitrogens with one attached hydrogen (secondary N) is 2. The lowest BCUT2D eigenvalue weighted by Crippen LogP contribution is -2.29. The highest BCUT2D eigenvalue weighted by molar-refractivity contribution is 6.33. The maximum atomic E-state index is 11.2. The van der Waals surface area contributed by atoms with Crippen LogP contribution >= 0.6 is 23.2 Å². The summed E-state index contributed by atoms with van der Waals surface area (Å²) in [5.41, 5.74) is 0.583. The zero-order valence-electron chi connectivity index (χ0n) is 10.7. The Bertz CT molecular complexity index is 427. The maximum absolute atomic E-state index is 11.2. The summed E-state index contributed by atoms with van der Waals surface area (Å²) < 4.78 is 0. The summed E-state index contributed by atoms with van der Waals surface area (Å²) in [6, 6.07) is 4.96. The third kappa shape index (κ3) is 5.78. The minimum Gasteiger partial charge on any atom is -0.387 e. The molecule has 106 valence electrons. The van der Waals surface area contributed by atoms with E-state index < -0.39 is 6.10 Å². The van der Waals surface area contributed by atoms with Crippen molar-refractivity contribution in [1.29, 1.82) is 0 Å². The molecule has 0 spiro atoms. The summed E-state index contributed by atoms with van der Waals surface area (Å²) in [7, 11) is 0. The SMILES string of the molecule is CCNC(=O)CCNCC(O)c1cc(Cl)ccc1Cl. The number of carbonyl (C=O) groups is 1. The molecule has 0 aliphatic heterocycles. The lowest BCUT2D eigenvalue weighted by molar-refractivity contribution is -0.120. The summed E-state index contributed by atoms with van der Waals surface area (Å²) >= 11 is 11.8. The number of hydrogen-bond acceptors (Lipinski definition) is 3. The molecular formula is C13H18Cl2N2O2. The van der Waals surface area contributed by atoms with Crippen LogP contribution in [-0.2, 0) is 4.79 Å². The van der Waals surface area contributed by atoms with E-state index in [0.29, 0.717) is 41.7 Å². The van der Waals surface area contributed by atoms with Crippen LogP contribution in [0.4, 0.5) is 0 Å². The summed E-state index contributed by atoms with van der Waals surface area (Å²) in [6.45, 7) is 3.32. The molecule has 1 aromatic carbocycles. The number of aliphatic hydroxyl groups is 1. The van der Waals surface area contributed by atoms with E-state index in [1.165, 1.54) is 0 Å². The number of hydrogen-bond donors (Lipinski definition) is 3. The number of aliphatic hydroxyl groups excluding tert-OH is 1. The van der Waals surface area contributed by atoms with Crippen LogP contribution in [0.3, 0.4) is 0 Å². The normalized spacial score (nSPS) is 12.2. The number of rotatable bonds is 7. The van der Waals surface area contributed by atoms with Gasteiger partial charge in [0.25, 0.3) is 0 Å². The van der Waals surface area contributed by atoms with Crippen LogP contribution in [0.15, 0.2) is 18.2 Å². The molecular weight excluding hydrogens is 287 g/mol. The van der Waals surface area contributed by atoms with Crippen LogP contribution in [0.2, 0.25) is 10.0 Å². The van der Waals surface area contributed by atoms with E-state index in [1.54, 1.807) is 18.2 Å². The van der Waals surface area contributed by atoms with Gasteiger partial charge >= 0.3 is 0 Å². The zero-order chi connectivity index (χ0) is 14.3. The average Bonchev–Trinajstić information content (AvgIpc) is 2.37. The maximum Gasteiger partial charge on any atom is 0.221 e. The fourth-order valence-corrected chi connectivity index (χ4v) is 2.03. The largest absolute Gasteiger partial charge is 0.387 e. The molecule has 4 nitrogen and oxygen atoms in total. The van der Waals surface area contributed by atoms with Gasteiger partial charge in [-0.2, -0.15) is 0 Å². The Morgan fingerprint density at radius 3 is 2.84 bits per heavy atom. The smallest absolute Gasteiger partial charge is 0.221 e. The highest BCUT2D eigenvalue weighted by atomic mass is 35.5. The van der Waals surface area contributed by atoms with Gasteiger partial charge in [0, 0.05) is 41.7 Å². The molecule has 1 aromatic rings. The molecule has 0 saturated heterocycles. The van der Waals surface area contributed by atoms with Gasteiger partial charge in [0.15, 0.2) is 0 Å². The topological polar surface area (TPSA) is 61.4 Å². The minimum atomic E-state index is -0.750. The van der Waals surface area contributed by atoms with Crippen molar-refractivity contribution in [2.75, 3.05) is 19.6 Å². The van der Waals surface area contributed by atoms with Crippen molar-refractivity contribution in [3.8, 4) is 0 Å². The molecule has 0 aliphatic rings. The van der Waals surface area contributed by atoms with Crippen LogP contribution in [0.1, 0.15) is 25.0 Å². The first-order valence-electron chi connectivity index (χ1n) is 6.15. The van der Waals surface area contributed by atoms with Crippen LogP contribution in [0, 0.1) is 0 Å². The first-order chi connectivity index (χ1) is 9.04. The van der Waals surface area contributed by atoms with Crippen molar-refractivity contribution in [2.24, 2.45) is 0 Å². The second kappa shape index (κ2) is 8.38. The van der Waals surface area contributed by atoms with Crippen LogP contribution in [0.25, 0.3) is 0 Å². The zero-order valence-corrected chi connectivity index (χ0v) is 12.3. The van der Waals surface area contributed by atoms with Gasteiger partial charge in [0.1, 0.15) is 0 Å². The van der Waals surface area contributed by atoms with Crippen molar-refractivity contribution >= 4 is 29.1 Å². The molecule has 3 N–H and O–H groups in total. The monoisotopic (exact) mass is 304 g/mol. The molecule has 0 radical (unpaired) electrons. The Labute approximate surface area is 123 Å². The van der Waals surface area contributed by atoms with E-state index in [0.717, 1.165) is 0 Å².